The number of hydrogen-bond acceptors (Lipinski definition) is 2. The van der Waals surface area contributed by atoms with Gasteiger partial charge in [-0.2, -0.15) is 0 Å². The Morgan fingerprint density at radius 1 is 1.60 bits per heavy atom. The molecule has 0 aliphatic heterocycles. The molecule has 1 unspecified atom stereocenters. The quantitative estimate of drug-likeness (QED) is 0.715. The molecule has 0 rings (SSSR count). The Morgan fingerprint density at radius 3 is 2.40 bits per heavy atom. The largest absolute Gasteiger partial charge is 0.392 e. The zero-order chi connectivity index (χ0) is 8.20. The van der Waals surface area contributed by atoms with E-state index >= 15 is 0 Å². The normalized spacial score (nSPS) is 15.3. The van der Waals surface area contributed by atoms with Crippen molar-refractivity contribution in [2.45, 2.75) is 32.0 Å². The van der Waals surface area contributed by atoms with Crippen LogP contribution in [0.3, 0.4) is 0 Å². The molecule has 0 spiro atoms. The van der Waals surface area contributed by atoms with Gasteiger partial charge in [-0.15, -0.1) is 0 Å². The van der Waals surface area contributed by atoms with E-state index in [0.717, 1.165) is 0 Å². The van der Waals surface area contributed by atoms with Crippen LogP contribution in [0.5, 0.6) is 0 Å². The Bertz CT molecular complexity index is 93.6. The molecule has 10 heavy (non-hydrogen) atoms. The second kappa shape index (κ2) is 4.31. The summed E-state index contributed by atoms with van der Waals surface area (Å²) in [6.45, 7) is 3.91. The first-order valence-corrected chi connectivity index (χ1v) is 4.43. The second-order valence-corrected chi connectivity index (χ2v) is 3.62. The smallest absolute Gasteiger partial charge is 0.0664 e. The summed E-state index contributed by atoms with van der Waals surface area (Å²) in [4.78, 5) is 0. The molecule has 0 aromatic rings. The summed E-state index contributed by atoms with van der Waals surface area (Å²) >= 11 is 3.19. The van der Waals surface area contributed by atoms with Gasteiger partial charge in [0, 0.05) is 18.9 Å². The van der Waals surface area contributed by atoms with Crippen molar-refractivity contribution in [3.8, 4) is 0 Å². The van der Waals surface area contributed by atoms with Crippen molar-refractivity contribution >= 4 is 15.9 Å². The summed E-state index contributed by atoms with van der Waals surface area (Å²) < 4.78 is 5.13. The fourth-order valence-corrected chi connectivity index (χ4v) is 0.934. The van der Waals surface area contributed by atoms with E-state index in [-0.39, 0.29) is 11.7 Å². The molecule has 0 aliphatic carbocycles. The molecular formula is C7H15BrO2. The molecule has 0 aliphatic rings. The van der Waals surface area contributed by atoms with Crippen molar-refractivity contribution in [3.05, 3.63) is 0 Å². The molecule has 0 radical (unpaired) electrons. The monoisotopic (exact) mass is 210 g/mol. The van der Waals surface area contributed by atoms with Crippen LogP contribution in [0, 0.1) is 0 Å². The van der Waals surface area contributed by atoms with Crippen molar-refractivity contribution < 1.29 is 9.84 Å². The molecule has 0 saturated heterocycles. The van der Waals surface area contributed by atoms with Crippen LogP contribution < -0.4 is 0 Å². The number of rotatable bonds is 4. The maximum Gasteiger partial charge on any atom is 0.0664 e. The van der Waals surface area contributed by atoms with Gasteiger partial charge in [0.1, 0.15) is 0 Å². The molecular weight excluding hydrogens is 196 g/mol. The summed E-state index contributed by atoms with van der Waals surface area (Å²) in [5.41, 5.74) is -0.215. The Labute approximate surface area is 70.7 Å². The van der Waals surface area contributed by atoms with E-state index in [1.54, 1.807) is 7.11 Å². The number of alkyl halides is 1. The highest BCUT2D eigenvalue weighted by molar-refractivity contribution is 9.09. The number of methoxy groups -OCH3 is 1. The van der Waals surface area contributed by atoms with Gasteiger partial charge in [-0.1, -0.05) is 15.9 Å². The van der Waals surface area contributed by atoms with Gasteiger partial charge in [0.05, 0.1) is 11.7 Å². The van der Waals surface area contributed by atoms with Crippen molar-refractivity contribution in [1.29, 1.82) is 0 Å². The fourth-order valence-electron chi connectivity index (χ4n) is 0.705. The van der Waals surface area contributed by atoms with E-state index < -0.39 is 0 Å². The average molecular weight is 211 g/mol. The minimum atomic E-state index is -0.310. The standard InChI is InChI=1S/C7H15BrO2/c1-7(2,10-3)4-6(9)5-8/h6,9H,4-5H2,1-3H3. The summed E-state index contributed by atoms with van der Waals surface area (Å²) in [5.74, 6) is 0. The number of hydrogen-bond donors (Lipinski definition) is 1. The second-order valence-electron chi connectivity index (χ2n) is 2.98. The third kappa shape index (κ3) is 4.25. The van der Waals surface area contributed by atoms with Gasteiger partial charge in [-0.25, -0.2) is 0 Å². The highest BCUT2D eigenvalue weighted by Gasteiger charge is 2.20. The molecule has 0 amide bonds. The predicted molar refractivity (Wildman–Crippen MR) is 45.5 cm³/mol. The molecule has 0 bridgehead atoms. The molecule has 1 N–H and O–H groups in total. The molecule has 0 fully saturated rings. The van der Waals surface area contributed by atoms with Gasteiger partial charge >= 0.3 is 0 Å². The van der Waals surface area contributed by atoms with Crippen LogP contribution in [0.4, 0.5) is 0 Å². The van der Waals surface area contributed by atoms with Crippen molar-refractivity contribution in [3.63, 3.8) is 0 Å². The molecule has 3 heteroatoms. The number of aliphatic hydroxyl groups excluding tert-OH is 1. The van der Waals surface area contributed by atoms with E-state index in [1.807, 2.05) is 13.8 Å². The maximum absolute atomic E-state index is 9.20. The lowest BCUT2D eigenvalue weighted by molar-refractivity contribution is -0.0139. The SMILES string of the molecule is COC(C)(C)CC(O)CBr. The Morgan fingerprint density at radius 2 is 2.10 bits per heavy atom. The molecule has 0 aromatic heterocycles. The van der Waals surface area contributed by atoms with E-state index in [4.69, 9.17) is 4.74 Å². The first-order chi connectivity index (χ1) is 4.52. The minimum Gasteiger partial charge on any atom is -0.392 e. The van der Waals surface area contributed by atoms with Crippen LogP contribution in [-0.4, -0.2) is 29.3 Å². The van der Waals surface area contributed by atoms with Crippen LogP contribution in [-0.2, 0) is 4.74 Å². The maximum atomic E-state index is 9.20. The third-order valence-electron chi connectivity index (χ3n) is 1.46. The lowest BCUT2D eigenvalue weighted by Gasteiger charge is -2.24. The number of halogens is 1. The molecule has 0 saturated carbocycles. The van der Waals surface area contributed by atoms with Crippen LogP contribution in [0.1, 0.15) is 20.3 Å². The van der Waals surface area contributed by atoms with E-state index in [0.29, 0.717) is 11.8 Å². The number of aliphatic hydroxyl groups is 1. The summed E-state index contributed by atoms with van der Waals surface area (Å²) in [7, 11) is 1.65. The van der Waals surface area contributed by atoms with Gasteiger partial charge in [-0.05, 0) is 13.8 Å². The van der Waals surface area contributed by atoms with Gasteiger partial charge in [-0.3, -0.25) is 0 Å². The fraction of sp³-hybridized carbons (Fsp3) is 1.00. The molecule has 1 atom stereocenters. The first-order valence-electron chi connectivity index (χ1n) is 3.31. The first kappa shape index (κ1) is 10.4. The predicted octanol–water partition coefficient (Wildman–Crippen LogP) is 1.56. The van der Waals surface area contributed by atoms with Crippen LogP contribution in [0.25, 0.3) is 0 Å². The zero-order valence-electron chi connectivity index (χ0n) is 6.72. The van der Waals surface area contributed by atoms with Crippen molar-refractivity contribution in [1.82, 2.24) is 0 Å². The van der Waals surface area contributed by atoms with Crippen LogP contribution in [0.15, 0.2) is 0 Å². The van der Waals surface area contributed by atoms with E-state index in [1.165, 1.54) is 0 Å². The molecule has 0 heterocycles. The minimum absolute atomic E-state index is 0.215. The molecule has 62 valence electrons. The van der Waals surface area contributed by atoms with Gasteiger partial charge in [0.25, 0.3) is 0 Å². The molecule has 0 aromatic carbocycles. The van der Waals surface area contributed by atoms with E-state index in [9.17, 15) is 5.11 Å². The molecule has 2 nitrogen and oxygen atoms in total. The van der Waals surface area contributed by atoms with Gasteiger partial charge < -0.3 is 9.84 Å². The summed E-state index contributed by atoms with van der Waals surface area (Å²) in [5, 5.41) is 9.81. The van der Waals surface area contributed by atoms with E-state index in [2.05, 4.69) is 15.9 Å². The zero-order valence-corrected chi connectivity index (χ0v) is 8.31. The highest BCUT2D eigenvalue weighted by Crippen LogP contribution is 2.16. The summed E-state index contributed by atoms with van der Waals surface area (Å²) in [6.07, 6.45) is 0.351. The van der Waals surface area contributed by atoms with Crippen LogP contribution in [0.2, 0.25) is 0 Å². The highest BCUT2D eigenvalue weighted by atomic mass is 79.9. The average Bonchev–Trinajstić information content (AvgIpc) is 1.87. The summed E-state index contributed by atoms with van der Waals surface area (Å²) in [6, 6.07) is 0. The topological polar surface area (TPSA) is 29.5 Å². The lowest BCUT2D eigenvalue weighted by atomic mass is 10.0. The lowest BCUT2D eigenvalue weighted by Crippen LogP contribution is -2.29. The van der Waals surface area contributed by atoms with Crippen LogP contribution >= 0.6 is 15.9 Å². The van der Waals surface area contributed by atoms with Crippen molar-refractivity contribution in [2.24, 2.45) is 0 Å². The third-order valence-corrected chi connectivity index (χ3v) is 2.21. The Hall–Kier alpha value is 0.400. The van der Waals surface area contributed by atoms with Gasteiger partial charge in [0.15, 0.2) is 0 Å². The van der Waals surface area contributed by atoms with Gasteiger partial charge in [0.2, 0.25) is 0 Å². The Balaban J connectivity index is 3.64. The number of ether oxygens (including phenoxy) is 1. The van der Waals surface area contributed by atoms with Crippen molar-refractivity contribution in [2.75, 3.05) is 12.4 Å². The Kier molecular flexibility index (Phi) is 4.49.